The molecule has 0 heterocycles. The Morgan fingerprint density at radius 3 is 2.27 bits per heavy atom. The lowest BCUT2D eigenvalue weighted by Crippen LogP contribution is -2.50. The van der Waals surface area contributed by atoms with E-state index in [1.54, 1.807) is 17.0 Å². The molecule has 1 N–H and O–H groups in total. The Labute approximate surface area is 184 Å². The molecule has 0 aliphatic heterocycles. The molecule has 0 saturated heterocycles. The lowest BCUT2D eigenvalue weighted by atomic mass is 10.1. The van der Waals surface area contributed by atoms with Gasteiger partial charge in [-0.3, -0.25) is 9.59 Å². The number of aryl methyl sites for hydroxylation is 1. The fraction of sp³-hybridized carbons (Fsp3) is 0.417. The Morgan fingerprint density at radius 1 is 1.07 bits per heavy atom. The molecule has 0 saturated carbocycles. The van der Waals surface area contributed by atoms with Crippen LogP contribution in [0.3, 0.4) is 0 Å². The smallest absolute Gasteiger partial charge is 0.261 e. The predicted octanol–water partition coefficient (Wildman–Crippen LogP) is 4.61. The van der Waals surface area contributed by atoms with E-state index < -0.39 is 6.04 Å². The van der Waals surface area contributed by atoms with Crippen LogP contribution in [0.25, 0.3) is 0 Å². The fourth-order valence-corrected chi connectivity index (χ4v) is 3.12. The van der Waals surface area contributed by atoms with Gasteiger partial charge in [-0.1, -0.05) is 62.2 Å². The van der Waals surface area contributed by atoms with E-state index in [-0.39, 0.29) is 18.4 Å². The van der Waals surface area contributed by atoms with Crippen LogP contribution >= 0.6 is 11.6 Å². The third-order valence-corrected chi connectivity index (χ3v) is 4.97. The summed E-state index contributed by atoms with van der Waals surface area (Å²) in [4.78, 5) is 27.5. The highest BCUT2D eigenvalue weighted by Gasteiger charge is 2.29. The first-order valence-electron chi connectivity index (χ1n) is 10.3. The van der Waals surface area contributed by atoms with Crippen LogP contribution in [0.5, 0.6) is 5.75 Å². The van der Waals surface area contributed by atoms with Crippen molar-refractivity contribution in [3.63, 3.8) is 0 Å². The fourth-order valence-electron chi connectivity index (χ4n) is 2.99. The summed E-state index contributed by atoms with van der Waals surface area (Å²) in [6.45, 7) is 8.71. The van der Waals surface area contributed by atoms with Gasteiger partial charge in [-0.2, -0.15) is 0 Å². The van der Waals surface area contributed by atoms with Crippen molar-refractivity contribution in [2.75, 3.05) is 13.2 Å². The zero-order chi connectivity index (χ0) is 22.1. The first kappa shape index (κ1) is 23.7. The molecule has 0 aliphatic rings. The minimum Gasteiger partial charge on any atom is -0.484 e. The molecule has 1 atom stereocenters. The number of nitrogens with zero attached hydrogens (tertiary/aromatic N) is 1. The van der Waals surface area contributed by atoms with E-state index in [1.165, 1.54) is 0 Å². The molecule has 0 radical (unpaired) electrons. The SMILES string of the molecule is CC[C@H](C(=O)NCC(C)C)N(Cc1ccc(Cl)cc1)C(=O)COc1ccc(C)cc1. The van der Waals surface area contributed by atoms with Crippen LogP contribution in [0, 0.1) is 12.8 Å². The van der Waals surface area contributed by atoms with Gasteiger partial charge in [0, 0.05) is 18.1 Å². The van der Waals surface area contributed by atoms with Gasteiger partial charge in [0.05, 0.1) is 0 Å². The second-order valence-corrected chi connectivity index (χ2v) is 8.25. The number of benzene rings is 2. The molecule has 162 valence electrons. The second kappa shape index (κ2) is 11.6. The average molecular weight is 431 g/mol. The zero-order valence-electron chi connectivity index (χ0n) is 18.2. The summed E-state index contributed by atoms with van der Waals surface area (Å²) in [6, 6.07) is 14.2. The first-order valence-corrected chi connectivity index (χ1v) is 10.7. The molecule has 0 unspecified atom stereocenters. The van der Waals surface area contributed by atoms with Crippen molar-refractivity contribution in [3.8, 4) is 5.75 Å². The first-order chi connectivity index (χ1) is 14.3. The maximum atomic E-state index is 13.1. The third kappa shape index (κ3) is 7.38. The summed E-state index contributed by atoms with van der Waals surface area (Å²) in [7, 11) is 0. The summed E-state index contributed by atoms with van der Waals surface area (Å²) in [5, 5.41) is 3.57. The third-order valence-electron chi connectivity index (χ3n) is 4.72. The maximum absolute atomic E-state index is 13.1. The van der Waals surface area contributed by atoms with Crippen LogP contribution in [0.1, 0.15) is 38.3 Å². The van der Waals surface area contributed by atoms with Crippen LogP contribution in [0.2, 0.25) is 5.02 Å². The summed E-state index contributed by atoms with van der Waals surface area (Å²) >= 11 is 5.99. The molecule has 5 nitrogen and oxygen atoms in total. The van der Waals surface area contributed by atoms with E-state index in [2.05, 4.69) is 5.32 Å². The molecule has 0 aromatic heterocycles. The monoisotopic (exact) mass is 430 g/mol. The number of amides is 2. The summed E-state index contributed by atoms with van der Waals surface area (Å²) in [6.07, 6.45) is 0.508. The van der Waals surface area contributed by atoms with E-state index in [9.17, 15) is 9.59 Å². The topological polar surface area (TPSA) is 58.6 Å². The van der Waals surface area contributed by atoms with Gasteiger partial charge in [0.2, 0.25) is 5.91 Å². The zero-order valence-corrected chi connectivity index (χ0v) is 18.9. The highest BCUT2D eigenvalue weighted by Crippen LogP contribution is 2.17. The molecule has 2 amide bonds. The van der Waals surface area contributed by atoms with Gasteiger partial charge in [-0.05, 0) is 49.1 Å². The molecular weight excluding hydrogens is 400 g/mol. The van der Waals surface area contributed by atoms with Crippen molar-refractivity contribution >= 4 is 23.4 Å². The van der Waals surface area contributed by atoms with Crippen LogP contribution < -0.4 is 10.1 Å². The Balaban J connectivity index is 2.17. The number of hydrogen-bond donors (Lipinski definition) is 1. The van der Waals surface area contributed by atoms with Gasteiger partial charge in [0.15, 0.2) is 6.61 Å². The maximum Gasteiger partial charge on any atom is 0.261 e. The number of carbonyl (C=O) groups is 2. The largest absolute Gasteiger partial charge is 0.484 e. The average Bonchev–Trinajstić information content (AvgIpc) is 2.72. The van der Waals surface area contributed by atoms with Crippen molar-refractivity contribution in [1.29, 1.82) is 0 Å². The number of nitrogens with one attached hydrogen (secondary N) is 1. The van der Waals surface area contributed by atoms with Crippen LogP contribution in [0.15, 0.2) is 48.5 Å². The van der Waals surface area contributed by atoms with Gasteiger partial charge < -0.3 is 15.0 Å². The summed E-state index contributed by atoms with van der Waals surface area (Å²) in [5.41, 5.74) is 2.02. The van der Waals surface area contributed by atoms with E-state index in [0.29, 0.717) is 36.2 Å². The van der Waals surface area contributed by atoms with E-state index in [0.717, 1.165) is 11.1 Å². The quantitative estimate of drug-likeness (QED) is 0.598. The van der Waals surface area contributed by atoms with Crippen molar-refractivity contribution in [3.05, 3.63) is 64.7 Å². The standard InChI is InChI=1S/C24H31ClN2O3/c1-5-22(24(29)26-14-17(2)3)27(15-19-8-10-20(25)11-9-19)23(28)16-30-21-12-6-18(4)7-13-21/h6-13,17,22H,5,14-16H2,1-4H3,(H,26,29)/t22-/m1/s1. The lowest BCUT2D eigenvalue weighted by molar-refractivity contribution is -0.143. The Hall–Kier alpha value is -2.53. The normalized spacial score (nSPS) is 11.8. The number of hydrogen-bond acceptors (Lipinski definition) is 3. The van der Waals surface area contributed by atoms with Gasteiger partial charge in [-0.25, -0.2) is 0 Å². The molecule has 2 rings (SSSR count). The van der Waals surface area contributed by atoms with Crippen molar-refractivity contribution in [2.24, 2.45) is 5.92 Å². The molecule has 0 bridgehead atoms. The highest BCUT2D eigenvalue weighted by molar-refractivity contribution is 6.30. The van der Waals surface area contributed by atoms with Crippen molar-refractivity contribution in [1.82, 2.24) is 10.2 Å². The molecular formula is C24H31ClN2O3. The molecule has 30 heavy (non-hydrogen) atoms. The molecule has 0 spiro atoms. The minimum absolute atomic E-state index is 0.134. The Kier molecular flexibility index (Phi) is 9.18. The van der Waals surface area contributed by atoms with Crippen LogP contribution in [-0.4, -0.2) is 35.9 Å². The Morgan fingerprint density at radius 2 is 1.70 bits per heavy atom. The van der Waals surface area contributed by atoms with Crippen LogP contribution in [-0.2, 0) is 16.1 Å². The predicted molar refractivity (Wildman–Crippen MR) is 121 cm³/mol. The molecule has 2 aromatic rings. The van der Waals surface area contributed by atoms with E-state index >= 15 is 0 Å². The molecule has 2 aromatic carbocycles. The van der Waals surface area contributed by atoms with Crippen molar-refractivity contribution < 1.29 is 14.3 Å². The molecule has 0 fully saturated rings. The number of halogens is 1. The van der Waals surface area contributed by atoms with E-state index in [1.807, 2.05) is 64.1 Å². The number of rotatable bonds is 10. The number of carbonyl (C=O) groups excluding carboxylic acids is 2. The van der Waals surface area contributed by atoms with Crippen LogP contribution in [0.4, 0.5) is 0 Å². The molecule has 0 aliphatic carbocycles. The van der Waals surface area contributed by atoms with Gasteiger partial charge in [0.1, 0.15) is 11.8 Å². The van der Waals surface area contributed by atoms with Gasteiger partial charge in [-0.15, -0.1) is 0 Å². The van der Waals surface area contributed by atoms with E-state index in [4.69, 9.17) is 16.3 Å². The minimum atomic E-state index is -0.575. The number of ether oxygens (including phenoxy) is 1. The van der Waals surface area contributed by atoms with Crippen molar-refractivity contribution in [2.45, 2.75) is 46.7 Å². The Bertz CT molecular complexity index is 819. The van der Waals surface area contributed by atoms with Gasteiger partial charge >= 0.3 is 0 Å². The van der Waals surface area contributed by atoms with Gasteiger partial charge in [0.25, 0.3) is 5.91 Å². The highest BCUT2D eigenvalue weighted by atomic mass is 35.5. The summed E-state index contributed by atoms with van der Waals surface area (Å²) in [5.74, 6) is 0.565. The molecule has 6 heteroatoms. The second-order valence-electron chi connectivity index (χ2n) is 7.81. The lowest BCUT2D eigenvalue weighted by Gasteiger charge is -2.30. The summed E-state index contributed by atoms with van der Waals surface area (Å²) < 4.78 is 5.69.